The molecule has 0 radical (unpaired) electrons. The van der Waals surface area contributed by atoms with Gasteiger partial charge in [0.25, 0.3) is 0 Å². The second-order valence-corrected chi connectivity index (χ2v) is 4.46. The SMILES string of the molecule is CCc1c(Br)cc(-c2cc(N)no2)cc1OC. The highest BCUT2D eigenvalue weighted by molar-refractivity contribution is 9.10. The molecule has 2 rings (SSSR count). The van der Waals surface area contributed by atoms with Gasteiger partial charge in [0.15, 0.2) is 11.6 Å². The van der Waals surface area contributed by atoms with E-state index in [9.17, 15) is 0 Å². The first-order valence-electron chi connectivity index (χ1n) is 5.24. The third-order valence-electron chi connectivity index (χ3n) is 2.54. The van der Waals surface area contributed by atoms with Crippen LogP contribution in [-0.4, -0.2) is 12.3 Å². The average molecular weight is 297 g/mol. The summed E-state index contributed by atoms with van der Waals surface area (Å²) in [6.07, 6.45) is 0.891. The molecule has 2 aromatic rings. The first-order valence-corrected chi connectivity index (χ1v) is 6.04. The number of nitrogen functional groups attached to an aromatic ring is 1. The van der Waals surface area contributed by atoms with E-state index in [0.717, 1.165) is 27.8 Å². The molecular formula is C12H13BrN2O2. The molecular weight excluding hydrogens is 284 g/mol. The fourth-order valence-corrected chi connectivity index (χ4v) is 2.43. The number of hydrogen-bond donors (Lipinski definition) is 1. The second kappa shape index (κ2) is 4.79. The molecule has 5 heteroatoms. The van der Waals surface area contributed by atoms with Crippen molar-refractivity contribution in [1.29, 1.82) is 0 Å². The molecule has 17 heavy (non-hydrogen) atoms. The molecule has 0 bridgehead atoms. The molecule has 1 aromatic carbocycles. The molecule has 0 aliphatic carbocycles. The number of benzene rings is 1. The van der Waals surface area contributed by atoms with Crippen molar-refractivity contribution in [1.82, 2.24) is 5.16 Å². The minimum absolute atomic E-state index is 0.370. The molecule has 4 nitrogen and oxygen atoms in total. The maximum Gasteiger partial charge on any atom is 0.169 e. The van der Waals surface area contributed by atoms with Gasteiger partial charge in [-0.3, -0.25) is 0 Å². The number of anilines is 1. The third kappa shape index (κ3) is 2.29. The molecule has 0 aliphatic heterocycles. The van der Waals surface area contributed by atoms with E-state index < -0.39 is 0 Å². The number of methoxy groups -OCH3 is 1. The number of nitrogens with two attached hydrogens (primary N) is 1. The summed E-state index contributed by atoms with van der Waals surface area (Å²) in [5, 5.41) is 3.67. The van der Waals surface area contributed by atoms with Crippen LogP contribution in [0.3, 0.4) is 0 Å². The van der Waals surface area contributed by atoms with Crippen molar-refractivity contribution in [3.63, 3.8) is 0 Å². The fraction of sp³-hybridized carbons (Fsp3) is 0.250. The van der Waals surface area contributed by atoms with Gasteiger partial charge in [0.1, 0.15) is 5.75 Å². The Bertz CT molecular complexity index is 537. The molecule has 0 atom stereocenters. The highest BCUT2D eigenvalue weighted by Crippen LogP contribution is 2.34. The quantitative estimate of drug-likeness (QED) is 0.944. The Hall–Kier alpha value is -1.49. The molecule has 90 valence electrons. The number of ether oxygens (including phenoxy) is 1. The van der Waals surface area contributed by atoms with E-state index in [1.807, 2.05) is 12.1 Å². The normalized spacial score (nSPS) is 10.5. The Morgan fingerprint density at radius 3 is 2.71 bits per heavy atom. The van der Waals surface area contributed by atoms with Crippen LogP contribution in [0.5, 0.6) is 5.75 Å². The topological polar surface area (TPSA) is 61.3 Å². The van der Waals surface area contributed by atoms with Crippen LogP contribution in [0, 0.1) is 0 Å². The van der Waals surface area contributed by atoms with E-state index >= 15 is 0 Å². The van der Waals surface area contributed by atoms with Gasteiger partial charge >= 0.3 is 0 Å². The molecule has 1 heterocycles. The Kier molecular flexibility index (Phi) is 3.38. The monoisotopic (exact) mass is 296 g/mol. The first kappa shape index (κ1) is 12.0. The zero-order valence-corrected chi connectivity index (χ0v) is 11.2. The highest BCUT2D eigenvalue weighted by Gasteiger charge is 2.12. The lowest BCUT2D eigenvalue weighted by molar-refractivity contribution is 0.408. The predicted molar refractivity (Wildman–Crippen MR) is 70.0 cm³/mol. The second-order valence-electron chi connectivity index (χ2n) is 3.61. The summed E-state index contributed by atoms with van der Waals surface area (Å²) in [5.41, 5.74) is 7.55. The summed E-state index contributed by atoms with van der Waals surface area (Å²) in [4.78, 5) is 0. The lowest BCUT2D eigenvalue weighted by atomic mass is 10.1. The molecule has 0 saturated heterocycles. The van der Waals surface area contributed by atoms with Crippen LogP contribution in [-0.2, 0) is 6.42 Å². The van der Waals surface area contributed by atoms with Gasteiger partial charge in [0.2, 0.25) is 0 Å². The van der Waals surface area contributed by atoms with Crippen molar-refractivity contribution in [2.75, 3.05) is 12.8 Å². The van der Waals surface area contributed by atoms with E-state index in [2.05, 4.69) is 28.0 Å². The predicted octanol–water partition coefficient (Wildman–Crippen LogP) is 3.26. The smallest absolute Gasteiger partial charge is 0.169 e. The molecule has 1 aromatic heterocycles. The van der Waals surface area contributed by atoms with Crippen LogP contribution in [0.15, 0.2) is 27.2 Å². The van der Waals surface area contributed by atoms with Gasteiger partial charge in [0.05, 0.1) is 7.11 Å². The fourth-order valence-electron chi connectivity index (χ4n) is 1.70. The standard InChI is InChI=1S/C12H13BrN2O2/c1-3-8-9(13)4-7(5-11(8)16-2)10-6-12(14)15-17-10/h4-6H,3H2,1-2H3,(H2,14,15). The Balaban J connectivity index is 2.53. The van der Waals surface area contributed by atoms with Crippen molar-refractivity contribution < 1.29 is 9.26 Å². The Labute approximate surface area is 108 Å². The van der Waals surface area contributed by atoms with Gasteiger partial charge in [-0.15, -0.1) is 0 Å². The third-order valence-corrected chi connectivity index (χ3v) is 3.25. The minimum atomic E-state index is 0.370. The van der Waals surface area contributed by atoms with Gasteiger partial charge < -0.3 is 15.0 Å². The van der Waals surface area contributed by atoms with Crippen LogP contribution < -0.4 is 10.5 Å². The summed E-state index contributed by atoms with van der Waals surface area (Å²) in [7, 11) is 1.65. The first-order chi connectivity index (χ1) is 8.15. The lowest BCUT2D eigenvalue weighted by Crippen LogP contribution is -1.92. The minimum Gasteiger partial charge on any atom is -0.496 e. The summed E-state index contributed by atoms with van der Waals surface area (Å²) < 4.78 is 11.5. The van der Waals surface area contributed by atoms with Crippen molar-refractivity contribution in [2.45, 2.75) is 13.3 Å². The van der Waals surface area contributed by atoms with Gasteiger partial charge in [-0.1, -0.05) is 28.0 Å². The largest absolute Gasteiger partial charge is 0.496 e. The summed E-state index contributed by atoms with van der Waals surface area (Å²) in [5.74, 6) is 1.82. The Morgan fingerprint density at radius 1 is 1.41 bits per heavy atom. The number of hydrogen-bond acceptors (Lipinski definition) is 4. The van der Waals surface area contributed by atoms with E-state index in [0.29, 0.717) is 11.6 Å². The number of aromatic nitrogens is 1. The van der Waals surface area contributed by atoms with Crippen molar-refractivity contribution >= 4 is 21.7 Å². The van der Waals surface area contributed by atoms with E-state index in [4.69, 9.17) is 15.0 Å². The van der Waals surface area contributed by atoms with E-state index in [1.165, 1.54) is 0 Å². The van der Waals surface area contributed by atoms with Crippen LogP contribution in [0.25, 0.3) is 11.3 Å². The van der Waals surface area contributed by atoms with Gasteiger partial charge in [-0.05, 0) is 18.6 Å². The zero-order valence-electron chi connectivity index (χ0n) is 9.66. The molecule has 0 saturated carbocycles. The maximum absolute atomic E-state index is 5.53. The summed E-state index contributed by atoms with van der Waals surface area (Å²) >= 11 is 3.53. The molecule has 0 fully saturated rings. The summed E-state index contributed by atoms with van der Waals surface area (Å²) in [6, 6.07) is 5.58. The van der Waals surface area contributed by atoms with E-state index in [1.54, 1.807) is 13.2 Å². The van der Waals surface area contributed by atoms with Crippen LogP contribution in [0.2, 0.25) is 0 Å². The van der Waals surface area contributed by atoms with Crippen LogP contribution in [0.1, 0.15) is 12.5 Å². The van der Waals surface area contributed by atoms with Crippen molar-refractivity contribution in [3.8, 4) is 17.1 Å². The summed E-state index contributed by atoms with van der Waals surface area (Å²) in [6.45, 7) is 2.08. The number of halogens is 1. The molecule has 2 N–H and O–H groups in total. The maximum atomic E-state index is 5.53. The van der Waals surface area contributed by atoms with Gasteiger partial charge in [-0.2, -0.15) is 0 Å². The zero-order chi connectivity index (χ0) is 12.4. The van der Waals surface area contributed by atoms with Crippen molar-refractivity contribution in [2.24, 2.45) is 0 Å². The Morgan fingerprint density at radius 2 is 2.18 bits per heavy atom. The molecule has 0 spiro atoms. The molecule has 0 unspecified atom stereocenters. The number of rotatable bonds is 3. The molecule has 0 amide bonds. The van der Waals surface area contributed by atoms with Gasteiger partial charge in [-0.25, -0.2) is 0 Å². The van der Waals surface area contributed by atoms with Crippen LogP contribution >= 0.6 is 15.9 Å². The van der Waals surface area contributed by atoms with Crippen molar-refractivity contribution in [3.05, 3.63) is 28.2 Å². The average Bonchev–Trinajstić information content (AvgIpc) is 2.74. The molecule has 0 aliphatic rings. The van der Waals surface area contributed by atoms with Gasteiger partial charge in [0, 0.05) is 21.7 Å². The van der Waals surface area contributed by atoms with E-state index in [-0.39, 0.29) is 0 Å². The van der Waals surface area contributed by atoms with Crippen LogP contribution in [0.4, 0.5) is 5.82 Å². The number of nitrogens with zero attached hydrogens (tertiary/aromatic N) is 1. The lowest BCUT2D eigenvalue weighted by Gasteiger charge is -2.10. The highest BCUT2D eigenvalue weighted by atomic mass is 79.9.